The molecule has 3 aromatic rings. The van der Waals surface area contributed by atoms with Gasteiger partial charge in [0.15, 0.2) is 0 Å². The molecule has 0 atom stereocenters. The van der Waals surface area contributed by atoms with E-state index in [2.05, 4.69) is 10.00 Å². The molecular weight excluding hydrogens is 408 g/mol. The molecule has 3 aromatic heterocycles. The molecule has 2 aliphatic rings. The molecule has 1 aliphatic carbocycles. The van der Waals surface area contributed by atoms with Gasteiger partial charge in [0.1, 0.15) is 16.5 Å². The summed E-state index contributed by atoms with van der Waals surface area (Å²) in [6, 6.07) is 0. The third-order valence-electron chi connectivity index (χ3n) is 6.65. The van der Waals surface area contributed by atoms with Crippen molar-refractivity contribution in [3.8, 4) is 0 Å². The van der Waals surface area contributed by atoms with Crippen molar-refractivity contribution < 1.29 is 4.79 Å². The molecule has 0 N–H and O–H groups in total. The molecule has 0 bridgehead atoms. The van der Waals surface area contributed by atoms with Crippen molar-refractivity contribution in [1.29, 1.82) is 0 Å². The fraction of sp³-hybridized carbons (Fsp3) is 0.565. The van der Waals surface area contributed by atoms with E-state index in [9.17, 15) is 4.79 Å². The molecule has 1 amide bonds. The molecule has 31 heavy (non-hydrogen) atoms. The van der Waals surface area contributed by atoms with Crippen LogP contribution < -0.4 is 4.90 Å². The number of carbonyl (C=O) groups is 1. The number of aromatic nitrogens is 4. The van der Waals surface area contributed by atoms with Crippen LogP contribution in [0.4, 0.5) is 5.82 Å². The second-order valence-electron chi connectivity index (χ2n) is 9.00. The van der Waals surface area contributed by atoms with Gasteiger partial charge >= 0.3 is 0 Å². The van der Waals surface area contributed by atoms with Crippen LogP contribution in [0.2, 0.25) is 0 Å². The summed E-state index contributed by atoms with van der Waals surface area (Å²) in [7, 11) is 3.74. The van der Waals surface area contributed by atoms with E-state index in [1.54, 1.807) is 17.1 Å². The lowest BCUT2D eigenvalue weighted by Gasteiger charge is -2.35. The lowest BCUT2D eigenvalue weighted by atomic mass is 9.94. The summed E-state index contributed by atoms with van der Waals surface area (Å²) in [6.07, 6.45) is 10.5. The molecule has 1 fully saturated rings. The highest BCUT2D eigenvalue weighted by molar-refractivity contribution is 7.19. The molecule has 4 heterocycles. The Morgan fingerprint density at radius 2 is 2.00 bits per heavy atom. The zero-order valence-corrected chi connectivity index (χ0v) is 19.4. The van der Waals surface area contributed by atoms with E-state index >= 15 is 0 Å². The van der Waals surface area contributed by atoms with E-state index in [4.69, 9.17) is 9.97 Å². The molecule has 0 aromatic carbocycles. The van der Waals surface area contributed by atoms with Gasteiger partial charge in [0.05, 0.1) is 17.1 Å². The number of piperidine rings is 1. The second kappa shape index (κ2) is 8.22. The first-order valence-corrected chi connectivity index (χ1v) is 12.1. The van der Waals surface area contributed by atoms with Gasteiger partial charge in [-0.25, -0.2) is 9.97 Å². The van der Waals surface area contributed by atoms with Gasteiger partial charge in [0.2, 0.25) is 0 Å². The van der Waals surface area contributed by atoms with Crippen molar-refractivity contribution in [3.05, 3.63) is 34.2 Å². The largest absolute Gasteiger partial charge is 0.356 e. The molecule has 1 saturated heterocycles. The number of amides is 1. The van der Waals surface area contributed by atoms with Gasteiger partial charge in [-0.1, -0.05) is 0 Å². The van der Waals surface area contributed by atoms with Gasteiger partial charge < -0.3 is 9.80 Å². The maximum Gasteiger partial charge on any atom is 0.256 e. The Balaban J connectivity index is 1.29. The molecule has 0 spiro atoms. The van der Waals surface area contributed by atoms with Crippen LogP contribution >= 0.6 is 11.3 Å². The van der Waals surface area contributed by atoms with Crippen LogP contribution in [-0.4, -0.2) is 57.2 Å². The third-order valence-corrected chi connectivity index (χ3v) is 7.84. The summed E-state index contributed by atoms with van der Waals surface area (Å²) in [5.41, 5.74) is 2.16. The predicted molar refractivity (Wildman–Crippen MR) is 124 cm³/mol. The Morgan fingerprint density at radius 3 is 2.74 bits per heavy atom. The standard InChI is InChI=1S/C23H30N6OS/c1-15-25-21(20-18-6-4-5-7-19(18)31-22(20)26-15)29-10-8-16(9-11-29)13-27(2)23(30)17-12-24-28(3)14-17/h12,14,16H,4-11,13H2,1-3H3. The smallest absolute Gasteiger partial charge is 0.256 e. The van der Waals surface area contributed by atoms with Gasteiger partial charge in [-0.3, -0.25) is 9.48 Å². The Bertz CT molecular complexity index is 1110. The summed E-state index contributed by atoms with van der Waals surface area (Å²) in [5.74, 6) is 2.57. The number of anilines is 1. The number of carbonyl (C=O) groups excluding carboxylic acids is 1. The Morgan fingerprint density at radius 1 is 1.23 bits per heavy atom. The average Bonchev–Trinajstić information content (AvgIpc) is 3.36. The molecule has 164 valence electrons. The highest BCUT2D eigenvalue weighted by Crippen LogP contribution is 2.40. The SMILES string of the molecule is Cc1nc(N2CCC(CN(C)C(=O)c3cnn(C)c3)CC2)c2c3c(sc2n1)CCCC3. The highest BCUT2D eigenvalue weighted by atomic mass is 32.1. The molecule has 8 heteroatoms. The minimum absolute atomic E-state index is 0.0496. The second-order valence-corrected chi connectivity index (χ2v) is 10.1. The van der Waals surface area contributed by atoms with Crippen LogP contribution in [0.5, 0.6) is 0 Å². The topological polar surface area (TPSA) is 67.2 Å². The lowest BCUT2D eigenvalue weighted by Crippen LogP contribution is -2.40. The molecular formula is C23H30N6OS. The van der Waals surface area contributed by atoms with Gasteiger partial charge in [-0.15, -0.1) is 11.3 Å². The zero-order valence-electron chi connectivity index (χ0n) is 18.6. The third kappa shape index (κ3) is 3.93. The predicted octanol–water partition coefficient (Wildman–Crippen LogP) is 3.60. The first-order chi connectivity index (χ1) is 15.0. The first-order valence-electron chi connectivity index (χ1n) is 11.3. The van der Waals surface area contributed by atoms with Crippen LogP contribution in [0.1, 0.15) is 52.3 Å². The van der Waals surface area contributed by atoms with Crippen LogP contribution in [0.25, 0.3) is 10.2 Å². The van der Waals surface area contributed by atoms with Crippen LogP contribution in [0.3, 0.4) is 0 Å². The highest BCUT2D eigenvalue weighted by Gasteiger charge is 2.27. The van der Waals surface area contributed by atoms with Crippen molar-refractivity contribution in [3.63, 3.8) is 0 Å². The minimum atomic E-state index is 0.0496. The number of rotatable bonds is 4. The van der Waals surface area contributed by atoms with Gasteiger partial charge in [-0.2, -0.15) is 5.10 Å². The maximum absolute atomic E-state index is 12.7. The fourth-order valence-electron chi connectivity index (χ4n) is 5.02. The van der Waals surface area contributed by atoms with Crippen LogP contribution in [0.15, 0.2) is 12.4 Å². The van der Waals surface area contributed by atoms with Crippen molar-refractivity contribution in [1.82, 2.24) is 24.6 Å². The fourth-order valence-corrected chi connectivity index (χ4v) is 6.32. The normalized spacial score (nSPS) is 17.2. The van der Waals surface area contributed by atoms with Crippen molar-refractivity contribution in [2.75, 3.05) is 31.6 Å². The van der Waals surface area contributed by atoms with Crippen molar-refractivity contribution in [2.45, 2.75) is 45.4 Å². The molecule has 0 unspecified atom stereocenters. The number of nitrogens with zero attached hydrogens (tertiary/aromatic N) is 6. The number of fused-ring (bicyclic) bond motifs is 3. The van der Waals surface area contributed by atoms with Gasteiger partial charge in [0, 0.05) is 44.8 Å². The Kier molecular flexibility index (Phi) is 5.42. The summed E-state index contributed by atoms with van der Waals surface area (Å²) in [6.45, 7) is 4.76. The zero-order chi connectivity index (χ0) is 21.5. The van der Waals surface area contributed by atoms with Crippen molar-refractivity contribution >= 4 is 33.3 Å². The van der Waals surface area contributed by atoms with Gasteiger partial charge in [0.25, 0.3) is 5.91 Å². The Hall–Kier alpha value is -2.48. The van der Waals surface area contributed by atoms with Crippen molar-refractivity contribution in [2.24, 2.45) is 13.0 Å². The summed E-state index contributed by atoms with van der Waals surface area (Å²) < 4.78 is 1.67. The number of aryl methyl sites for hydroxylation is 4. The number of hydrogen-bond donors (Lipinski definition) is 0. The monoisotopic (exact) mass is 438 g/mol. The minimum Gasteiger partial charge on any atom is -0.356 e. The summed E-state index contributed by atoms with van der Waals surface area (Å²) >= 11 is 1.88. The summed E-state index contributed by atoms with van der Waals surface area (Å²) in [5, 5.41) is 5.43. The number of thiophene rings is 1. The average molecular weight is 439 g/mol. The van der Waals surface area contributed by atoms with Crippen LogP contribution in [-0.2, 0) is 19.9 Å². The molecule has 5 rings (SSSR count). The van der Waals surface area contributed by atoms with Gasteiger partial charge in [-0.05, 0) is 56.9 Å². The lowest BCUT2D eigenvalue weighted by molar-refractivity contribution is 0.0765. The molecule has 7 nitrogen and oxygen atoms in total. The van der Waals surface area contributed by atoms with E-state index in [1.165, 1.54) is 39.9 Å². The molecule has 1 aliphatic heterocycles. The van der Waals surface area contributed by atoms with E-state index in [0.29, 0.717) is 11.5 Å². The molecule has 0 saturated carbocycles. The Labute approximate surface area is 187 Å². The number of hydrogen-bond acceptors (Lipinski definition) is 6. The quantitative estimate of drug-likeness (QED) is 0.623. The van der Waals surface area contributed by atoms with E-state index in [-0.39, 0.29) is 5.91 Å². The van der Waals surface area contributed by atoms with E-state index in [0.717, 1.165) is 50.5 Å². The first kappa shape index (κ1) is 20.4. The maximum atomic E-state index is 12.7. The molecule has 0 radical (unpaired) electrons. The van der Waals surface area contributed by atoms with E-state index < -0.39 is 0 Å². The van der Waals surface area contributed by atoms with Crippen LogP contribution in [0, 0.1) is 12.8 Å². The summed E-state index contributed by atoms with van der Waals surface area (Å²) in [4.78, 5) is 29.3. The van der Waals surface area contributed by atoms with E-state index in [1.807, 2.05) is 37.3 Å².